The van der Waals surface area contributed by atoms with E-state index < -0.39 is 10.0 Å². The monoisotopic (exact) mass is 351 g/mol. The van der Waals surface area contributed by atoms with Gasteiger partial charge >= 0.3 is 0 Å². The largest absolute Gasteiger partial charge is 0.240 e. The molecule has 0 bridgehead atoms. The van der Waals surface area contributed by atoms with E-state index in [1.54, 1.807) is 26.0 Å². The van der Waals surface area contributed by atoms with Gasteiger partial charge in [0.2, 0.25) is 10.0 Å². The summed E-state index contributed by atoms with van der Waals surface area (Å²) in [5.74, 6) is 0. The van der Waals surface area contributed by atoms with Crippen LogP contribution in [-0.2, 0) is 22.9 Å². The van der Waals surface area contributed by atoms with Crippen LogP contribution in [0.1, 0.15) is 29.2 Å². The van der Waals surface area contributed by atoms with Crippen molar-refractivity contribution in [2.45, 2.75) is 38.5 Å². The Balaban J connectivity index is 2.05. The summed E-state index contributed by atoms with van der Waals surface area (Å²) >= 11 is 6.03. The van der Waals surface area contributed by atoms with E-state index in [0.29, 0.717) is 28.4 Å². The van der Waals surface area contributed by atoms with Crippen molar-refractivity contribution in [2.75, 3.05) is 6.54 Å². The quantitative estimate of drug-likeness (QED) is 0.853. The smallest absolute Gasteiger partial charge is 0.211 e. The molecule has 2 aromatic rings. The molecule has 0 radical (unpaired) electrons. The third-order valence-corrected chi connectivity index (χ3v) is 5.89. The molecule has 5 heteroatoms. The molecule has 0 fully saturated rings. The summed E-state index contributed by atoms with van der Waals surface area (Å²) in [4.78, 5) is 0.292. The van der Waals surface area contributed by atoms with Crippen molar-refractivity contribution < 1.29 is 8.42 Å². The normalized spacial score (nSPS) is 11.7. The Hall–Kier alpha value is -1.36. The van der Waals surface area contributed by atoms with Crippen molar-refractivity contribution in [3.05, 3.63) is 63.7 Å². The van der Waals surface area contributed by atoms with Crippen LogP contribution in [0.2, 0.25) is 5.02 Å². The van der Waals surface area contributed by atoms with Crippen molar-refractivity contribution in [3.63, 3.8) is 0 Å². The zero-order valence-corrected chi connectivity index (χ0v) is 15.3. The molecule has 0 aliphatic heterocycles. The molecule has 0 saturated heterocycles. The highest BCUT2D eigenvalue weighted by atomic mass is 35.5. The fourth-order valence-electron chi connectivity index (χ4n) is 2.39. The van der Waals surface area contributed by atoms with Gasteiger partial charge in [-0.25, -0.2) is 13.1 Å². The molecule has 0 amide bonds. The van der Waals surface area contributed by atoms with Crippen molar-refractivity contribution in [1.29, 1.82) is 0 Å². The highest BCUT2D eigenvalue weighted by molar-refractivity contribution is 7.89. The van der Waals surface area contributed by atoms with Crippen molar-refractivity contribution >= 4 is 21.6 Å². The number of halogens is 1. The van der Waals surface area contributed by atoms with Gasteiger partial charge in [0.25, 0.3) is 0 Å². The molecule has 0 heterocycles. The number of nitrogens with one attached hydrogen (secondary N) is 1. The average molecular weight is 352 g/mol. The van der Waals surface area contributed by atoms with E-state index >= 15 is 0 Å². The van der Waals surface area contributed by atoms with Crippen LogP contribution in [0.4, 0.5) is 0 Å². The van der Waals surface area contributed by atoms with Gasteiger partial charge in [0.15, 0.2) is 0 Å². The zero-order chi connectivity index (χ0) is 17.0. The van der Waals surface area contributed by atoms with Gasteiger partial charge in [-0.2, -0.15) is 0 Å². The Morgan fingerprint density at radius 1 is 1.00 bits per heavy atom. The number of hydrogen-bond acceptors (Lipinski definition) is 2. The molecule has 0 atom stereocenters. The van der Waals surface area contributed by atoms with Crippen LogP contribution >= 0.6 is 11.6 Å². The third-order valence-electron chi connectivity index (χ3n) is 3.88. The summed E-state index contributed by atoms with van der Waals surface area (Å²) in [6.45, 7) is 6.04. The van der Waals surface area contributed by atoms with Crippen LogP contribution in [0.3, 0.4) is 0 Å². The lowest BCUT2D eigenvalue weighted by Gasteiger charge is -2.11. The van der Waals surface area contributed by atoms with Crippen LogP contribution in [-0.4, -0.2) is 15.0 Å². The van der Waals surface area contributed by atoms with Crippen molar-refractivity contribution in [2.24, 2.45) is 0 Å². The first-order chi connectivity index (χ1) is 10.8. The second-order valence-corrected chi connectivity index (χ2v) is 7.83. The maximum atomic E-state index is 12.5. The molecule has 124 valence electrons. The van der Waals surface area contributed by atoms with Gasteiger partial charge in [0.1, 0.15) is 0 Å². The number of benzene rings is 2. The third kappa shape index (κ3) is 4.56. The standard InChI is InChI=1S/C18H22ClNO2S/c1-4-15-5-7-16(8-6-15)9-10-20-23(21,22)18-12-13(2)17(19)11-14(18)3/h5-8,11-12,20H,4,9-10H2,1-3H3. The highest BCUT2D eigenvalue weighted by Crippen LogP contribution is 2.23. The molecule has 2 rings (SSSR count). The van der Waals surface area contributed by atoms with Gasteiger partial charge in [0.05, 0.1) is 4.90 Å². The summed E-state index contributed by atoms with van der Waals surface area (Å²) in [5, 5.41) is 0.581. The molecule has 3 nitrogen and oxygen atoms in total. The Morgan fingerprint density at radius 2 is 1.61 bits per heavy atom. The van der Waals surface area contributed by atoms with Crippen LogP contribution in [0.5, 0.6) is 0 Å². The Bertz CT molecular complexity index is 783. The summed E-state index contributed by atoms with van der Waals surface area (Å²) in [6.07, 6.45) is 1.66. The molecule has 1 N–H and O–H groups in total. The van der Waals surface area contributed by atoms with E-state index in [1.165, 1.54) is 5.56 Å². The molecule has 23 heavy (non-hydrogen) atoms. The van der Waals surface area contributed by atoms with Gasteiger partial charge in [-0.3, -0.25) is 0 Å². The fraction of sp³-hybridized carbons (Fsp3) is 0.333. The van der Waals surface area contributed by atoms with E-state index in [2.05, 4.69) is 23.8 Å². The summed E-state index contributed by atoms with van der Waals surface area (Å²) in [6, 6.07) is 11.6. The zero-order valence-electron chi connectivity index (χ0n) is 13.7. The van der Waals surface area contributed by atoms with Crippen molar-refractivity contribution in [3.8, 4) is 0 Å². The minimum Gasteiger partial charge on any atom is -0.211 e. The second kappa shape index (κ2) is 7.47. The van der Waals surface area contributed by atoms with Gasteiger partial charge in [-0.15, -0.1) is 0 Å². The summed E-state index contributed by atoms with van der Waals surface area (Å²) in [5.41, 5.74) is 3.81. The molecule has 2 aromatic carbocycles. The SMILES string of the molecule is CCc1ccc(CCNS(=O)(=O)c2cc(C)c(Cl)cc2C)cc1. The van der Waals surface area contributed by atoms with Gasteiger partial charge in [0, 0.05) is 11.6 Å². The summed E-state index contributed by atoms with van der Waals surface area (Å²) in [7, 11) is -3.52. The van der Waals surface area contributed by atoms with E-state index in [9.17, 15) is 8.42 Å². The number of aryl methyl sites for hydroxylation is 3. The molecule has 0 saturated carbocycles. The fourth-order valence-corrected chi connectivity index (χ4v) is 3.95. The van der Waals surface area contributed by atoms with E-state index in [-0.39, 0.29) is 0 Å². The van der Waals surface area contributed by atoms with E-state index in [1.807, 2.05) is 12.1 Å². The minimum atomic E-state index is -3.52. The second-order valence-electron chi connectivity index (χ2n) is 5.68. The summed E-state index contributed by atoms with van der Waals surface area (Å²) < 4.78 is 27.6. The maximum absolute atomic E-state index is 12.5. The van der Waals surface area contributed by atoms with E-state index in [0.717, 1.165) is 17.5 Å². The predicted molar refractivity (Wildman–Crippen MR) is 95.6 cm³/mol. The first-order valence-corrected chi connectivity index (χ1v) is 9.54. The lowest BCUT2D eigenvalue weighted by molar-refractivity contribution is 0.581. The molecule has 0 unspecified atom stereocenters. The van der Waals surface area contributed by atoms with Gasteiger partial charge in [-0.1, -0.05) is 42.8 Å². The van der Waals surface area contributed by atoms with Crippen LogP contribution < -0.4 is 4.72 Å². The van der Waals surface area contributed by atoms with E-state index in [4.69, 9.17) is 11.6 Å². The Kier molecular flexibility index (Phi) is 5.84. The first-order valence-electron chi connectivity index (χ1n) is 7.67. The first kappa shape index (κ1) is 18.0. The van der Waals surface area contributed by atoms with Crippen LogP contribution in [0.15, 0.2) is 41.3 Å². The highest BCUT2D eigenvalue weighted by Gasteiger charge is 2.17. The molecule has 0 aliphatic rings. The topological polar surface area (TPSA) is 46.2 Å². The predicted octanol–water partition coefficient (Wildman–Crippen LogP) is 4.04. The maximum Gasteiger partial charge on any atom is 0.240 e. The number of sulfonamides is 1. The lowest BCUT2D eigenvalue weighted by atomic mass is 10.1. The lowest BCUT2D eigenvalue weighted by Crippen LogP contribution is -2.26. The Labute approximate surface area is 143 Å². The van der Waals surface area contributed by atoms with Crippen LogP contribution in [0.25, 0.3) is 0 Å². The Morgan fingerprint density at radius 3 is 2.22 bits per heavy atom. The molecular formula is C18H22ClNO2S. The molecule has 0 aliphatic carbocycles. The van der Waals surface area contributed by atoms with Gasteiger partial charge < -0.3 is 0 Å². The van der Waals surface area contributed by atoms with Gasteiger partial charge in [-0.05, 0) is 61.1 Å². The average Bonchev–Trinajstić information content (AvgIpc) is 2.51. The molecule has 0 spiro atoms. The van der Waals surface area contributed by atoms with Crippen molar-refractivity contribution in [1.82, 2.24) is 4.72 Å². The molecular weight excluding hydrogens is 330 g/mol. The minimum absolute atomic E-state index is 0.292. The number of rotatable bonds is 6. The molecule has 0 aromatic heterocycles. The van der Waals surface area contributed by atoms with Crippen LogP contribution in [0, 0.1) is 13.8 Å². The number of hydrogen-bond donors (Lipinski definition) is 1.